The second-order valence-corrected chi connectivity index (χ2v) is 8.63. The Morgan fingerprint density at radius 2 is 1.59 bits per heavy atom. The fraction of sp³-hybridized carbons (Fsp3) is 0.609. The van der Waals surface area contributed by atoms with Crippen LogP contribution in [0.5, 0.6) is 5.75 Å². The molecule has 190 valence electrons. The summed E-state index contributed by atoms with van der Waals surface area (Å²) in [5, 5.41) is 0. The average Bonchev–Trinajstić information content (AvgIpc) is 2.78. The van der Waals surface area contributed by atoms with Crippen molar-refractivity contribution in [1.82, 2.24) is 9.80 Å². The van der Waals surface area contributed by atoms with Crippen LogP contribution in [-0.4, -0.2) is 80.8 Å². The molecule has 2 fully saturated rings. The van der Waals surface area contributed by atoms with Gasteiger partial charge in [-0.1, -0.05) is 0 Å². The molecule has 1 aromatic rings. The van der Waals surface area contributed by atoms with Crippen molar-refractivity contribution in [2.24, 2.45) is 16.6 Å². The van der Waals surface area contributed by atoms with E-state index in [1.54, 1.807) is 0 Å². The van der Waals surface area contributed by atoms with Gasteiger partial charge in [0.1, 0.15) is 5.75 Å². The van der Waals surface area contributed by atoms with Gasteiger partial charge < -0.3 is 20.1 Å². The van der Waals surface area contributed by atoms with E-state index in [2.05, 4.69) is 19.5 Å². The minimum absolute atomic E-state index is 0.179. The molecule has 0 unspecified atom stereocenters. The fourth-order valence-corrected chi connectivity index (χ4v) is 4.10. The Hall–Kier alpha value is -2.24. The van der Waals surface area contributed by atoms with Gasteiger partial charge in [0.25, 0.3) is 5.92 Å². The second-order valence-electron chi connectivity index (χ2n) is 8.63. The van der Waals surface area contributed by atoms with Crippen molar-refractivity contribution in [2.45, 2.75) is 32.1 Å². The summed E-state index contributed by atoms with van der Waals surface area (Å²) in [5.41, 5.74) is 5.89. The monoisotopic (exact) mass is 490 g/mol. The molecule has 0 saturated carbocycles. The number of aliphatic imine (C=N–C) groups is 1. The highest BCUT2D eigenvalue weighted by molar-refractivity contribution is 5.83. The molecule has 6 nitrogen and oxygen atoms in total. The lowest BCUT2D eigenvalue weighted by Crippen LogP contribution is -2.43. The summed E-state index contributed by atoms with van der Waals surface area (Å²) in [7, 11) is 0. The van der Waals surface area contributed by atoms with Crippen LogP contribution in [0.4, 0.5) is 27.6 Å². The number of hydrogen-bond acceptors (Lipinski definition) is 6. The number of nitrogens with two attached hydrogens (primary N) is 1. The number of morpholine rings is 1. The molecule has 3 rings (SSSR count). The van der Waals surface area contributed by atoms with Crippen LogP contribution in [0.15, 0.2) is 40.5 Å². The fourth-order valence-electron chi connectivity index (χ4n) is 4.10. The van der Waals surface area contributed by atoms with Crippen LogP contribution in [0.3, 0.4) is 0 Å². The first kappa shape index (κ1) is 26.4. The van der Waals surface area contributed by atoms with Crippen molar-refractivity contribution >= 4 is 11.9 Å². The molecule has 1 aromatic carbocycles. The van der Waals surface area contributed by atoms with Crippen molar-refractivity contribution in [1.29, 1.82) is 0 Å². The van der Waals surface area contributed by atoms with Gasteiger partial charge in [0.05, 0.1) is 24.6 Å². The highest BCUT2D eigenvalue weighted by Gasteiger charge is 2.32. The molecule has 2 N–H and O–H groups in total. The number of benzene rings is 1. The number of likely N-dealkylation sites (tertiary alicyclic amines) is 1. The van der Waals surface area contributed by atoms with Gasteiger partial charge in [-0.2, -0.15) is 0 Å². The zero-order valence-electron chi connectivity index (χ0n) is 19.2. The van der Waals surface area contributed by atoms with E-state index in [0.29, 0.717) is 18.5 Å². The van der Waals surface area contributed by atoms with Gasteiger partial charge in [-0.25, -0.2) is 8.78 Å². The molecule has 0 bridgehead atoms. The highest BCUT2D eigenvalue weighted by atomic mass is 19.4. The molecular weight excluding hydrogens is 459 g/mol. The summed E-state index contributed by atoms with van der Waals surface area (Å²) in [4.78, 5) is 8.88. The number of allylic oxidation sites excluding steroid dienone is 2. The zero-order valence-corrected chi connectivity index (χ0v) is 19.2. The Morgan fingerprint density at radius 1 is 1.03 bits per heavy atom. The first-order chi connectivity index (χ1) is 16.0. The van der Waals surface area contributed by atoms with Crippen LogP contribution in [-0.2, 0) is 4.74 Å². The van der Waals surface area contributed by atoms with Crippen LogP contribution in [0.25, 0.3) is 0 Å². The van der Waals surface area contributed by atoms with Gasteiger partial charge in [0, 0.05) is 39.3 Å². The van der Waals surface area contributed by atoms with E-state index in [1.165, 1.54) is 18.3 Å². The molecule has 11 heteroatoms. The molecule has 0 atom stereocenters. The average molecular weight is 491 g/mol. The van der Waals surface area contributed by atoms with E-state index in [-0.39, 0.29) is 17.2 Å². The van der Waals surface area contributed by atoms with Gasteiger partial charge in [-0.05, 0) is 61.7 Å². The molecule has 0 aliphatic carbocycles. The van der Waals surface area contributed by atoms with E-state index >= 15 is 0 Å². The molecule has 0 aromatic heterocycles. The quantitative estimate of drug-likeness (QED) is 0.437. The molecule has 2 saturated heterocycles. The minimum atomic E-state index is -4.79. The zero-order chi connectivity index (χ0) is 24.8. The van der Waals surface area contributed by atoms with E-state index < -0.39 is 18.0 Å². The summed E-state index contributed by atoms with van der Waals surface area (Å²) in [5.74, 6) is -3.77. The molecule has 34 heavy (non-hydrogen) atoms. The summed E-state index contributed by atoms with van der Waals surface area (Å²) in [6, 6.07) is 4.88. The SMILES string of the molecule is CC(F)(F)/C(N)=C(/C=Nc1ccc(OC(F)(F)F)cc1)C1CCN(CCN2CCOCC2)CC1. The minimum Gasteiger partial charge on any atom is -0.406 e. The highest BCUT2D eigenvalue weighted by Crippen LogP contribution is 2.31. The van der Waals surface area contributed by atoms with E-state index in [4.69, 9.17) is 10.5 Å². The van der Waals surface area contributed by atoms with Gasteiger partial charge in [-0.3, -0.25) is 9.89 Å². The predicted octanol–water partition coefficient (Wildman–Crippen LogP) is 4.20. The third kappa shape index (κ3) is 8.21. The number of alkyl halides is 5. The van der Waals surface area contributed by atoms with Gasteiger partial charge in [0.15, 0.2) is 0 Å². The largest absolute Gasteiger partial charge is 0.573 e. The maximum absolute atomic E-state index is 14.1. The summed E-state index contributed by atoms with van der Waals surface area (Å²) in [6.45, 7) is 7.47. The first-order valence-corrected chi connectivity index (χ1v) is 11.3. The molecule has 2 aliphatic heterocycles. The lowest BCUT2D eigenvalue weighted by molar-refractivity contribution is -0.274. The number of rotatable bonds is 8. The van der Waals surface area contributed by atoms with Gasteiger partial charge in [0.2, 0.25) is 0 Å². The topological polar surface area (TPSA) is 63.3 Å². The third-order valence-corrected chi connectivity index (χ3v) is 6.07. The summed E-state index contributed by atoms with van der Waals surface area (Å²) < 4.78 is 74.3. The summed E-state index contributed by atoms with van der Waals surface area (Å²) in [6.07, 6.45) is -2.14. The first-order valence-electron chi connectivity index (χ1n) is 11.3. The molecule has 0 spiro atoms. The number of halogens is 5. The molecule has 2 heterocycles. The van der Waals surface area contributed by atoms with E-state index in [9.17, 15) is 22.0 Å². The normalized spacial score (nSPS) is 20.5. The van der Waals surface area contributed by atoms with Crippen LogP contribution < -0.4 is 10.5 Å². The maximum Gasteiger partial charge on any atom is 0.573 e. The Morgan fingerprint density at radius 3 is 2.12 bits per heavy atom. The van der Waals surface area contributed by atoms with Crippen molar-refractivity contribution in [3.8, 4) is 5.75 Å². The lowest BCUT2D eigenvalue weighted by atomic mass is 9.87. The number of ether oxygens (including phenoxy) is 2. The van der Waals surface area contributed by atoms with Crippen molar-refractivity contribution in [2.75, 3.05) is 52.5 Å². The van der Waals surface area contributed by atoms with Crippen LogP contribution >= 0.6 is 0 Å². The predicted molar refractivity (Wildman–Crippen MR) is 120 cm³/mol. The number of piperidine rings is 1. The van der Waals surface area contributed by atoms with E-state index in [0.717, 1.165) is 71.5 Å². The number of nitrogens with zero attached hydrogens (tertiary/aromatic N) is 3. The van der Waals surface area contributed by atoms with Gasteiger partial charge >= 0.3 is 6.36 Å². The van der Waals surface area contributed by atoms with E-state index in [1.807, 2.05) is 0 Å². The van der Waals surface area contributed by atoms with Crippen molar-refractivity contribution in [3.05, 3.63) is 35.5 Å². The van der Waals surface area contributed by atoms with Crippen LogP contribution in [0.1, 0.15) is 19.8 Å². The summed E-state index contributed by atoms with van der Waals surface area (Å²) >= 11 is 0. The standard InChI is InChI=1S/C23H31F5N4O2/c1-22(24,25)21(29)20(16-30-18-2-4-19(5-3-18)34-23(26,27)28)17-6-8-31(9-7-17)10-11-32-12-14-33-15-13-32/h2-5,16-17H,6-15,29H2,1H3/b21-20+,30-16?. The molecule has 2 aliphatic rings. The Kier molecular flexibility index (Phi) is 8.89. The van der Waals surface area contributed by atoms with Crippen LogP contribution in [0, 0.1) is 5.92 Å². The van der Waals surface area contributed by atoms with Crippen molar-refractivity contribution < 1.29 is 31.4 Å². The Balaban J connectivity index is 1.63. The van der Waals surface area contributed by atoms with Crippen LogP contribution in [0.2, 0.25) is 0 Å². The second kappa shape index (κ2) is 11.5. The Labute approximate surface area is 196 Å². The molecule has 0 radical (unpaired) electrons. The third-order valence-electron chi connectivity index (χ3n) is 6.07. The smallest absolute Gasteiger partial charge is 0.406 e. The lowest BCUT2D eigenvalue weighted by Gasteiger charge is -2.35. The maximum atomic E-state index is 14.1. The van der Waals surface area contributed by atoms with Gasteiger partial charge in [-0.15, -0.1) is 13.2 Å². The number of hydrogen-bond donors (Lipinski definition) is 1. The molecule has 0 amide bonds. The Bertz CT molecular complexity index is 838. The van der Waals surface area contributed by atoms with Crippen molar-refractivity contribution in [3.63, 3.8) is 0 Å². The molecular formula is C23H31F5N4O2.